The van der Waals surface area contributed by atoms with Crippen molar-refractivity contribution in [3.05, 3.63) is 23.8 Å². The molecule has 1 saturated heterocycles. The van der Waals surface area contributed by atoms with Crippen LogP contribution in [0.25, 0.3) is 0 Å². The third kappa shape index (κ3) is 3.56. The van der Waals surface area contributed by atoms with Crippen molar-refractivity contribution in [1.82, 2.24) is 4.90 Å². The minimum absolute atomic E-state index is 0.175. The number of benzene rings is 1. The highest BCUT2D eigenvalue weighted by Crippen LogP contribution is 2.31. The lowest BCUT2D eigenvalue weighted by molar-refractivity contribution is -0.121. The lowest BCUT2D eigenvalue weighted by Crippen LogP contribution is -2.50. The van der Waals surface area contributed by atoms with Gasteiger partial charge in [0.2, 0.25) is 5.91 Å². The fourth-order valence-corrected chi connectivity index (χ4v) is 2.85. The van der Waals surface area contributed by atoms with Crippen LogP contribution in [0.2, 0.25) is 0 Å². The van der Waals surface area contributed by atoms with Crippen molar-refractivity contribution in [2.75, 3.05) is 38.2 Å². The number of rotatable bonds is 5. The fraction of sp³-hybridized carbons (Fsp3) is 0.588. The highest BCUT2D eigenvalue weighted by Gasteiger charge is 2.25. The number of carbonyl (C=O) groups excluding carboxylic acids is 1. The van der Waals surface area contributed by atoms with Gasteiger partial charge in [0, 0.05) is 24.8 Å². The highest BCUT2D eigenvalue weighted by molar-refractivity contribution is 5.95. The summed E-state index contributed by atoms with van der Waals surface area (Å²) in [6.45, 7) is 9.64. The van der Waals surface area contributed by atoms with Crippen LogP contribution < -0.4 is 9.64 Å². The minimum Gasteiger partial charge on any atom is -0.496 e. The first kappa shape index (κ1) is 15.8. The molecular weight excluding hydrogens is 264 g/mol. The average Bonchev–Trinajstić information content (AvgIpc) is 2.47. The Morgan fingerprint density at radius 1 is 1.29 bits per heavy atom. The number of amides is 1. The van der Waals surface area contributed by atoms with Gasteiger partial charge in [0.05, 0.1) is 13.7 Å². The Morgan fingerprint density at radius 2 is 2.05 bits per heavy atom. The second-order valence-electron chi connectivity index (χ2n) is 5.90. The van der Waals surface area contributed by atoms with E-state index in [2.05, 4.69) is 31.7 Å². The number of hydrogen-bond acceptors (Lipinski definition) is 3. The molecule has 0 aliphatic carbocycles. The van der Waals surface area contributed by atoms with E-state index in [4.69, 9.17) is 4.74 Å². The molecule has 1 aromatic carbocycles. The summed E-state index contributed by atoms with van der Waals surface area (Å²) in [4.78, 5) is 16.4. The highest BCUT2D eigenvalue weighted by atomic mass is 16.5. The third-order valence-electron chi connectivity index (χ3n) is 3.99. The zero-order valence-electron chi connectivity index (χ0n) is 13.6. The van der Waals surface area contributed by atoms with Crippen molar-refractivity contribution in [2.24, 2.45) is 0 Å². The summed E-state index contributed by atoms with van der Waals surface area (Å²) in [6.07, 6.45) is 1.09. The van der Waals surface area contributed by atoms with E-state index in [1.807, 2.05) is 17.0 Å². The van der Waals surface area contributed by atoms with E-state index in [-0.39, 0.29) is 5.91 Å². The summed E-state index contributed by atoms with van der Waals surface area (Å²) in [6, 6.07) is 6.10. The number of hydrogen-bond donors (Lipinski definition) is 0. The van der Waals surface area contributed by atoms with Crippen LogP contribution in [0.1, 0.15) is 38.7 Å². The molecule has 4 heteroatoms. The van der Waals surface area contributed by atoms with Crippen molar-refractivity contribution in [3.63, 3.8) is 0 Å². The van der Waals surface area contributed by atoms with E-state index >= 15 is 0 Å². The van der Waals surface area contributed by atoms with Gasteiger partial charge in [0.25, 0.3) is 0 Å². The molecule has 0 saturated carbocycles. The van der Waals surface area contributed by atoms with Crippen molar-refractivity contribution in [3.8, 4) is 5.75 Å². The first-order chi connectivity index (χ1) is 10.1. The van der Waals surface area contributed by atoms with Crippen LogP contribution in [0.15, 0.2) is 18.2 Å². The van der Waals surface area contributed by atoms with Gasteiger partial charge >= 0.3 is 0 Å². The molecule has 0 N–H and O–H groups in total. The Morgan fingerprint density at radius 3 is 2.62 bits per heavy atom. The summed E-state index contributed by atoms with van der Waals surface area (Å²) < 4.78 is 5.48. The lowest BCUT2D eigenvalue weighted by atomic mass is 10.0. The molecule has 0 bridgehead atoms. The topological polar surface area (TPSA) is 32.8 Å². The van der Waals surface area contributed by atoms with E-state index in [9.17, 15) is 4.79 Å². The Kier molecular flexibility index (Phi) is 5.23. The number of piperazine rings is 1. The van der Waals surface area contributed by atoms with Gasteiger partial charge in [0.15, 0.2) is 0 Å². The van der Waals surface area contributed by atoms with E-state index in [0.29, 0.717) is 12.5 Å². The number of anilines is 1. The zero-order valence-corrected chi connectivity index (χ0v) is 13.6. The molecule has 1 fully saturated rings. The average molecular weight is 290 g/mol. The third-order valence-corrected chi connectivity index (χ3v) is 3.99. The molecule has 0 atom stereocenters. The smallest absolute Gasteiger partial charge is 0.241 e. The van der Waals surface area contributed by atoms with E-state index < -0.39 is 0 Å². The summed E-state index contributed by atoms with van der Waals surface area (Å²) in [5, 5.41) is 0. The number of methoxy groups -OCH3 is 1. The summed E-state index contributed by atoms with van der Waals surface area (Å²) >= 11 is 0. The van der Waals surface area contributed by atoms with Crippen LogP contribution in [-0.2, 0) is 4.79 Å². The quantitative estimate of drug-likeness (QED) is 0.836. The van der Waals surface area contributed by atoms with Crippen LogP contribution in [-0.4, -0.2) is 44.1 Å². The number of carbonyl (C=O) groups is 1. The molecule has 1 heterocycles. The Balaban J connectivity index is 2.17. The van der Waals surface area contributed by atoms with Gasteiger partial charge in [-0.15, -0.1) is 0 Å². The zero-order chi connectivity index (χ0) is 15.4. The van der Waals surface area contributed by atoms with E-state index in [0.717, 1.165) is 37.5 Å². The summed E-state index contributed by atoms with van der Waals surface area (Å²) in [5.41, 5.74) is 2.12. The molecule has 1 aromatic rings. The normalized spacial score (nSPS) is 16.6. The van der Waals surface area contributed by atoms with Crippen molar-refractivity contribution in [2.45, 2.75) is 33.1 Å². The predicted molar refractivity (Wildman–Crippen MR) is 86.2 cm³/mol. The number of nitrogens with zero attached hydrogens (tertiary/aromatic N) is 2. The van der Waals surface area contributed by atoms with Gasteiger partial charge in [-0.25, -0.2) is 0 Å². The molecular formula is C17H26N2O2. The van der Waals surface area contributed by atoms with Crippen LogP contribution in [0, 0.1) is 0 Å². The molecule has 1 amide bonds. The molecule has 0 unspecified atom stereocenters. The van der Waals surface area contributed by atoms with Crippen LogP contribution in [0.3, 0.4) is 0 Å². The second-order valence-corrected chi connectivity index (χ2v) is 5.90. The molecule has 1 aliphatic heterocycles. The largest absolute Gasteiger partial charge is 0.496 e. The van der Waals surface area contributed by atoms with Crippen molar-refractivity contribution in [1.29, 1.82) is 0 Å². The molecule has 21 heavy (non-hydrogen) atoms. The van der Waals surface area contributed by atoms with Gasteiger partial charge in [-0.1, -0.05) is 26.8 Å². The first-order valence-electron chi connectivity index (χ1n) is 7.77. The molecule has 0 radical (unpaired) electrons. The molecule has 0 spiro atoms. The maximum atomic E-state index is 12.3. The van der Waals surface area contributed by atoms with Crippen molar-refractivity contribution < 1.29 is 9.53 Å². The lowest BCUT2D eigenvalue weighted by Gasteiger charge is -2.34. The SMILES string of the molecule is CCCN1CCN(c2ccc(C(C)C)c(OC)c2)C(=O)C1. The van der Waals surface area contributed by atoms with Gasteiger partial charge < -0.3 is 9.64 Å². The molecule has 1 aliphatic rings. The standard InChI is InChI=1S/C17H26N2O2/c1-5-8-18-9-10-19(17(20)12-18)14-6-7-15(13(2)3)16(11-14)21-4/h6-7,11,13H,5,8-10,12H2,1-4H3. The predicted octanol–water partition coefficient (Wildman–Crippen LogP) is 2.88. The molecule has 4 nitrogen and oxygen atoms in total. The summed E-state index contributed by atoms with van der Waals surface area (Å²) in [7, 11) is 1.69. The second kappa shape index (κ2) is 6.94. The van der Waals surface area contributed by atoms with Gasteiger partial charge in [-0.3, -0.25) is 9.69 Å². The van der Waals surface area contributed by atoms with Gasteiger partial charge in [-0.05, 0) is 30.5 Å². The monoisotopic (exact) mass is 290 g/mol. The first-order valence-corrected chi connectivity index (χ1v) is 7.77. The molecule has 0 aromatic heterocycles. The maximum absolute atomic E-state index is 12.3. The van der Waals surface area contributed by atoms with Crippen molar-refractivity contribution >= 4 is 11.6 Å². The van der Waals surface area contributed by atoms with Crippen LogP contribution >= 0.6 is 0 Å². The Labute approximate surface area is 127 Å². The molecule has 116 valence electrons. The summed E-state index contributed by atoms with van der Waals surface area (Å²) in [5.74, 6) is 1.45. The van der Waals surface area contributed by atoms with Gasteiger partial charge in [-0.2, -0.15) is 0 Å². The minimum atomic E-state index is 0.175. The fourth-order valence-electron chi connectivity index (χ4n) is 2.85. The van der Waals surface area contributed by atoms with Crippen LogP contribution in [0.4, 0.5) is 5.69 Å². The van der Waals surface area contributed by atoms with Crippen LogP contribution in [0.5, 0.6) is 5.75 Å². The Hall–Kier alpha value is -1.55. The number of ether oxygens (including phenoxy) is 1. The van der Waals surface area contributed by atoms with Gasteiger partial charge in [0.1, 0.15) is 5.75 Å². The molecule has 2 rings (SSSR count). The maximum Gasteiger partial charge on any atom is 0.241 e. The van der Waals surface area contributed by atoms with E-state index in [1.165, 1.54) is 5.56 Å². The van der Waals surface area contributed by atoms with E-state index in [1.54, 1.807) is 7.11 Å². The Bertz CT molecular complexity index is 500.